The van der Waals surface area contributed by atoms with E-state index in [1.54, 1.807) is 14.0 Å². The van der Waals surface area contributed by atoms with Gasteiger partial charge in [0.25, 0.3) is 0 Å². The van der Waals surface area contributed by atoms with Crippen LogP contribution >= 0.6 is 0 Å². The number of hydrogen-bond donors (Lipinski definition) is 0. The summed E-state index contributed by atoms with van der Waals surface area (Å²) in [4.78, 5) is 17.7. The van der Waals surface area contributed by atoms with Crippen LogP contribution in [0.1, 0.15) is 87.0 Å². The van der Waals surface area contributed by atoms with Crippen molar-refractivity contribution in [1.29, 1.82) is 0 Å². The first-order chi connectivity index (χ1) is 23.1. The lowest BCUT2D eigenvalue weighted by Crippen LogP contribution is -2.69. The van der Waals surface area contributed by atoms with Gasteiger partial charge >= 0.3 is 0 Å². The largest absolute Gasteiger partial charge is 0.493 e. The van der Waals surface area contributed by atoms with Crippen molar-refractivity contribution in [3.05, 3.63) is 95.1 Å². The third-order valence-corrected chi connectivity index (χ3v) is 12.0. The van der Waals surface area contributed by atoms with Gasteiger partial charge in [-0.05, 0) is 119 Å². The molecule has 5 heteroatoms. The van der Waals surface area contributed by atoms with Gasteiger partial charge in [-0.25, -0.2) is 0 Å². The number of carbonyl (C=O) groups excluding carboxylic acids is 1. The van der Waals surface area contributed by atoms with Gasteiger partial charge in [-0.1, -0.05) is 79.6 Å². The number of ether oxygens (including phenoxy) is 2. The molecule has 5 atom stereocenters. The van der Waals surface area contributed by atoms with Gasteiger partial charge in [-0.15, -0.1) is 0 Å². The predicted molar refractivity (Wildman–Crippen MR) is 190 cm³/mol. The zero-order chi connectivity index (χ0) is 32.2. The van der Waals surface area contributed by atoms with Gasteiger partial charge in [0.15, 0.2) is 11.5 Å². The van der Waals surface area contributed by atoms with Gasteiger partial charge in [0.05, 0.1) is 13.7 Å². The molecule has 2 fully saturated rings. The molecule has 3 aromatic carbocycles. The molecule has 1 saturated carbocycles. The highest BCUT2D eigenvalue weighted by atomic mass is 16.5. The molecule has 2 bridgehead atoms. The second kappa shape index (κ2) is 14.5. The van der Waals surface area contributed by atoms with Crippen LogP contribution in [-0.2, 0) is 29.5 Å². The highest BCUT2D eigenvalue weighted by Gasteiger charge is 2.66. The average Bonchev–Trinajstić information content (AvgIpc) is 3.44. The van der Waals surface area contributed by atoms with E-state index in [2.05, 4.69) is 82.6 Å². The first kappa shape index (κ1) is 32.4. The number of methoxy groups -OCH3 is 1. The summed E-state index contributed by atoms with van der Waals surface area (Å²) < 4.78 is 13.2. The Bertz CT molecular complexity index is 1490. The van der Waals surface area contributed by atoms with Gasteiger partial charge in [0.2, 0.25) is 0 Å². The van der Waals surface area contributed by atoms with Crippen LogP contribution in [0.3, 0.4) is 0 Å². The Hall–Kier alpha value is -3.15. The van der Waals surface area contributed by atoms with Crippen LogP contribution < -0.4 is 9.47 Å². The monoisotopic (exact) mass is 634 g/mol. The fraction of sp³-hybridized carbons (Fsp3) is 0.548. The Morgan fingerprint density at radius 1 is 0.872 bits per heavy atom. The first-order valence-electron chi connectivity index (χ1n) is 18.5. The van der Waals surface area contributed by atoms with Gasteiger partial charge < -0.3 is 9.47 Å². The molecule has 3 aromatic rings. The molecular weight excluding hydrogens is 580 g/mol. The Balaban J connectivity index is 1.10. The first-order valence-corrected chi connectivity index (χ1v) is 18.5. The van der Waals surface area contributed by atoms with Crippen molar-refractivity contribution in [1.82, 2.24) is 9.80 Å². The van der Waals surface area contributed by atoms with E-state index >= 15 is 0 Å². The van der Waals surface area contributed by atoms with Crippen LogP contribution in [0.4, 0.5) is 0 Å². The fourth-order valence-electron chi connectivity index (χ4n) is 9.98. The molecule has 7 rings (SSSR count). The zero-order valence-corrected chi connectivity index (χ0v) is 28.7. The maximum atomic E-state index is 12.3. The molecule has 0 N–H and O–H groups in total. The summed E-state index contributed by atoms with van der Waals surface area (Å²) in [6.45, 7) is 5.56. The van der Waals surface area contributed by atoms with Crippen molar-refractivity contribution in [2.75, 3.05) is 33.3 Å². The molecule has 1 spiro atoms. The summed E-state index contributed by atoms with van der Waals surface area (Å²) >= 11 is 0. The Labute approximate surface area is 282 Å². The maximum absolute atomic E-state index is 12.3. The standard InChI is InChI=1S/C42H54N2O3/c1-31(45)30-44-28-25-42-35-22-23-36(41(42)47-40-38(46-2)24-21-34(39(40)42)29-37(35)44)43(27-14-12-20-33-18-10-6-11-19-33)26-13-4-3-7-15-32-16-8-5-9-17-32/h5-6,8-11,16-19,21,24,35-37,41H,3-4,7,12-15,20,22-23,25-30H2,1-2H3/t35-,36-,37+,41-,42-/m0/s1. The highest BCUT2D eigenvalue weighted by molar-refractivity contribution is 5.77. The van der Waals surface area contributed by atoms with E-state index in [0.717, 1.165) is 50.4 Å². The van der Waals surface area contributed by atoms with Crippen molar-refractivity contribution in [2.24, 2.45) is 5.92 Å². The summed E-state index contributed by atoms with van der Waals surface area (Å²) in [5.41, 5.74) is 5.79. The van der Waals surface area contributed by atoms with Crippen LogP contribution in [0.2, 0.25) is 0 Å². The summed E-state index contributed by atoms with van der Waals surface area (Å²) in [6, 6.07) is 27.1. The molecule has 0 amide bonds. The number of hydrogen-bond acceptors (Lipinski definition) is 5. The van der Waals surface area contributed by atoms with Crippen LogP contribution in [-0.4, -0.2) is 67.1 Å². The van der Waals surface area contributed by atoms with Gasteiger partial charge in [-0.2, -0.15) is 0 Å². The average molecular weight is 635 g/mol. The molecule has 0 aromatic heterocycles. The van der Waals surface area contributed by atoms with Crippen LogP contribution in [0, 0.1) is 5.92 Å². The van der Waals surface area contributed by atoms with E-state index in [0.29, 0.717) is 24.5 Å². The fourth-order valence-corrected chi connectivity index (χ4v) is 9.98. The lowest BCUT2D eigenvalue weighted by Gasteiger charge is -2.60. The lowest BCUT2D eigenvalue weighted by molar-refractivity contribution is -0.123. The minimum atomic E-state index is 0.0102. The third-order valence-electron chi connectivity index (χ3n) is 12.0. The van der Waals surface area contributed by atoms with E-state index in [1.807, 2.05) is 0 Å². The Morgan fingerprint density at radius 2 is 1.53 bits per heavy atom. The molecular formula is C42H54N2O3. The van der Waals surface area contributed by atoms with Crippen molar-refractivity contribution in [3.63, 3.8) is 0 Å². The molecule has 2 heterocycles. The van der Waals surface area contributed by atoms with Crippen molar-refractivity contribution in [3.8, 4) is 11.5 Å². The van der Waals surface area contributed by atoms with Gasteiger partial charge in [0, 0.05) is 23.1 Å². The number of unbranched alkanes of at least 4 members (excludes halogenated alkanes) is 4. The van der Waals surface area contributed by atoms with Gasteiger partial charge in [0.1, 0.15) is 11.9 Å². The number of ketones is 1. The third kappa shape index (κ3) is 6.50. The summed E-state index contributed by atoms with van der Waals surface area (Å²) in [7, 11) is 1.79. The number of piperidine rings is 1. The molecule has 47 heavy (non-hydrogen) atoms. The number of likely N-dealkylation sites (tertiary alicyclic amines) is 1. The topological polar surface area (TPSA) is 42.0 Å². The zero-order valence-electron chi connectivity index (χ0n) is 28.7. The number of nitrogens with zero attached hydrogens (tertiary/aromatic N) is 2. The quantitative estimate of drug-likeness (QED) is 0.150. The second-order valence-corrected chi connectivity index (χ2v) is 14.8. The number of aryl methyl sites for hydroxylation is 2. The maximum Gasteiger partial charge on any atom is 0.165 e. The predicted octanol–water partition coefficient (Wildman–Crippen LogP) is 7.82. The van der Waals surface area contributed by atoms with Gasteiger partial charge in [-0.3, -0.25) is 14.6 Å². The molecule has 250 valence electrons. The van der Waals surface area contributed by atoms with E-state index in [-0.39, 0.29) is 17.3 Å². The summed E-state index contributed by atoms with van der Waals surface area (Å²) in [6.07, 6.45) is 14.4. The summed E-state index contributed by atoms with van der Waals surface area (Å²) in [5, 5.41) is 0. The highest BCUT2D eigenvalue weighted by Crippen LogP contribution is 2.64. The summed E-state index contributed by atoms with van der Waals surface area (Å²) in [5.74, 6) is 2.72. The number of benzene rings is 3. The molecule has 1 saturated heterocycles. The smallest absolute Gasteiger partial charge is 0.165 e. The normalized spacial score (nSPS) is 25.8. The van der Waals surface area contributed by atoms with Crippen LogP contribution in [0.5, 0.6) is 11.5 Å². The molecule has 2 aliphatic carbocycles. The molecule has 0 radical (unpaired) electrons. The number of Topliss-reactive ketones (excluding diaryl/α,β-unsaturated/α-hetero) is 1. The molecule has 2 aliphatic heterocycles. The van der Waals surface area contributed by atoms with Crippen molar-refractivity contribution < 1.29 is 14.3 Å². The minimum Gasteiger partial charge on any atom is -0.493 e. The lowest BCUT2D eigenvalue weighted by atomic mass is 9.51. The van der Waals surface area contributed by atoms with Crippen molar-refractivity contribution >= 4 is 5.78 Å². The minimum absolute atomic E-state index is 0.0102. The number of carbonyl (C=O) groups is 1. The molecule has 4 aliphatic rings. The molecule has 5 nitrogen and oxygen atoms in total. The molecule has 0 unspecified atom stereocenters. The number of rotatable bonds is 16. The van der Waals surface area contributed by atoms with Crippen molar-refractivity contribution in [2.45, 2.75) is 108 Å². The Kier molecular flexibility index (Phi) is 10.0. The SMILES string of the molecule is COc1ccc2c3c1O[C@H]1[C@@H](N(CCCCCCc4ccccc4)CCCCc4ccccc4)CC[C@H]4[C@@H](C2)N(CC(C)=O)CC[C@@]341. The van der Waals surface area contributed by atoms with E-state index in [4.69, 9.17) is 9.47 Å². The van der Waals surface area contributed by atoms with E-state index in [9.17, 15) is 4.79 Å². The second-order valence-electron chi connectivity index (χ2n) is 14.8. The van der Waals surface area contributed by atoms with E-state index in [1.165, 1.54) is 80.0 Å². The van der Waals surface area contributed by atoms with Crippen LogP contribution in [0.15, 0.2) is 72.8 Å². The Morgan fingerprint density at radius 3 is 2.21 bits per heavy atom. The van der Waals surface area contributed by atoms with Crippen LogP contribution in [0.25, 0.3) is 0 Å². The van der Waals surface area contributed by atoms with E-state index < -0.39 is 0 Å².